The summed E-state index contributed by atoms with van der Waals surface area (Å²) in [6, 6.07) is 0. The van der Waals surface area contributed by atoms with Crippen molar-refractivity contribution in [2.75, 3.05) is 11.5 Å². The van der Waals surface area contributed by atoms with E-state index in [4.69, 9.17) is 11.6 Å². The van der Waals surface area contributed by atoms with Crippen LogP contribution in [-0.2, 0) is 0 Å². The Morgan fingerprint density at radius 3 is 2.00 bits per heavy atom. The Labute approximate surface area is 61.1 Å². The summed E-state index contributed by atoms with van der Waals surface area (Å²) in [5.41, 5.74) is -0.952. The molecule has 1 unspecified atom stereocenters. The second-order valence-electron chi connectivity index (χ2n) is 1.39. The number of thiol groups is 2. The Kier molecular flexibility index (Phi) is 3.78. The maximum absolute atomic E-state index is 8.83. The topological polar surface area (TPSA) is 40.5 Å². The molecule has 50 valence electrons. The van der Waals surface area contributed by atoms with Crippen LogP contribution in [-0.4, -0.2) is 33.9 Å². The minimum atomic E-state index is -1.11. The molecule has 0 aromatic carbocycles. The first kappa shape index (κ1) is 6.74. The number of aliphatic hydroxyl groups is 2. The van der Waals surface area contributed by atoms with Crippen molar-refractivity contribution >= 4 is 25.3 Å². The van der Waals surface area contributed by atoms with E-state index in [9.17, 15) is 0 Å². The molecule has 0 aromatic heterocycles. The highest BCUT2D eigenvalue weighted by atomic mass is 32.1. The molecular weight excluding hydrogens is 144 g/mol. The van der Waals surface area contributed by atoms with Gasteiger partial charge in [-0.3, -0.25) is 0 Å². The highest BCUT2D eigenvalue weighted by Crippen LogP contribution is 1.96. The molecule has 0 aromatic rings. The molecule has 0 aliphatic heterocycles. The monoisotopic (exact) mass is 155 g/mol. The summed E-state index contributed by atoms with van der Waals surface area (Å²) in [4.78, 5) is 0. The molecule has 0 aliphatic carbocycles. The molecule has 8 heavy (non-hydrogen) atoms. The summed E-state index contributed by atoms with van der Waals surface area (Å²) >= 11 is 7.33. The second kappa shape index (κ2) is 4.49. The van der Waals surface area contributed by atoms with Crippen LogP contribution in [0.3, 0.4) is 0 Å². The maximum atomic E-state index is 8.83. The summed E-state index contributed by atoms with van der Waals surface area (Å²) < 4.78 is 6.84. The maximum Gasteiger partial charge on any atom is 0.0894 e. The molecule has 0 aliphatic rings. The Balaban J connectivity index is 3.58. The molecule has 0 rings (SSSR count). The quantitative estimate of drug-likeness (QED) is 0.418. The normalized spacial score (nSPS) is 23.8. The van der Waals surface area contributed by atoms with Gasteiger partial charge in [0.1, 0.15) is 0 Å². The highest BCUT2D eigenvalue weighted by Gasteiger charge is 2.10. The van der Waals surface area contributed by atoms with Crippen molar-refractivity contribution < 1.29 is 11.6 Å². The van der Waals surface area contributed by atoms with Crippen LogP contribution in [0.4, 0.5) is 0 Å². The van der Waals surface area contributed by atoms with Gasteiger partial charge in [0.05, 0.1) is 12.2 Å². The van der Waals surface area contributed by atoms with Crippen molar-refractivity contribution in [1.82, 2.24) is 0 Å². The van der Waals surface area contributed by atoms with Crippen LogP contribution in [0.15, 0.2) is 0 Å². The molecule has 3 atom stereocenters. The van der Waals surface area contributed by atoms with E-state index in [1.807, 2.05) is 0 Å². The van der Waals surface area contributed by atoms with Gasteiger partial charge < -0.3 is 10.2 Å². The van der Waals surface area contributed by atoms with Gasteiger partial charge in [-0.25, -0.2) is 0 Å². The number of hydrogen-bond acceptors (Lipinski definition) is 4. The fourth-order valence-electron chi connectivity index (χ4n) is 0.207. The van der Waals surface area contributed by atoms with E-state index < -0.39 is 17.9 Å². The van der Waals surface area contributed by atoms with Crippen molar-refractivity contribution in [3.63, 3.8) is 0 Å². The third-order valence-corrected chi connectivity index (χ3v) is 1.41. The molecule has 4 heteroatoms. The Bertz CT molecular complexity index is 81.0. The first-order chi connectivity index (χ1) is 4.09. The zero-order chi connectivity index (χ0) is 7.44. The molecule has 0 saturated carbocycles. The van der Waals surface area contributed by atoms with E-state index in [0.717, 1.165) is 0 Å². The van der Waals surface area contributed by atoms with Gasteiger partial charge >= 0.3 is 0 Å². The molecule has 0 bridgehead atoms. The summed E-state index contributed by atoms with van der Waals surface area (Å²) in [5.74, 6) is 0.150. The molecular formula is C4H10O2S2. The van der Waals surface area contributed by atoms with Crippen molar-refractivity contribution in [3.05, 3.63) is 0 Å². The average molecular weight is 155 g/mol. The van der Waals surface area contributed by atoms with Gasteiger partial charge in [0.2, 0.25) is 0 Å². The first-order valence-corrected chi connectivity index (χ1v) is 3.31. The van der Waals surface area contributed by atoms with Gasteiger partial charge in [-0.05, 0) is 0 Å². The first-order valence-electron chi connectivity index (χ1n) is 2.74. The van der Waals surface area contributed by atoms with E-state index >= 15 is 0 Å². The van der Waals surface area contributed by atoms with Gasteiger partial charge in [0.25, 0.3) is 0 Å². The summed E-state index contributed by atoms with van der Waals surface area (Å²) in [6.45, 7) is 0. The van der Waals surface area contributed by atoms with E-state index in [0.29, 0.717) is 0 Å². The minimum Gasteiger partial charge on any atom is -0.390 e. The second-order valence-corrected chi connectivity index (χ2v) is 2.05. The molecule has 0 amide bonds. The van der Waals surface area contributed by atoms with Crippen molar-refractivity contribution in [2.45, 2.75) is 12.2 Å². The largest absolute Gasteiger partial charge is 0.390 e. The van der Waals surface area contributed by atoms with E-state index in [1.165, 1.54) is 0 Å². The van der Waals surface area contributed by atoms with Crippen molar-refractivity contribution in [3.8, 4) is 0 Å². The van der Waals surface area contributed by atoms with Crippen LogP contribution in [0.1, 0.15) is 1.37 Å². The van der Waals surface area contributed by atoms with E-state index in [-0.39, 0.29) is 5.75 Å². The third kappa shape index (κ3) is 2.81. The SMILES string of the molecule is [2H]C(S)[C@@H](O)[C@H](O)CS. The van der Waals surface area contributed by atoms with E-state index in [2.05, 4.69) is 25.3 Å². The van der Waals surface area contributed by atoms with Gasteiger partial charge in [0, 0.05) is 12.9 Å². The third-order valence-electron chi connectivity index (χ3n) is 0.734. The smallest absolute Gasteiger partial charge is 0.0894 e. The predicted molar refractivity (Wildman–Crippen MR) is 39.7 cm³/mol. The van der Waals surface area contributed by atoms with Crippen LogP contribution in [0, 0.1) is 0 Å². The Morgan fingerprint density at radius 1 is 1.38 bits per heavy atom. The lowest BCUT2D eigenvalue weighted by molar-refractivity contribution is 0.0504. The number of rotatable bonds is 3. The summed E-state index contributed by atoms with van der Waals surface area (Å²) in [5, 5.41) is 17.6. The minimum absolute atomic E-state index is 0.150. The molecule has 0 heterocycles. The molecule has 0 saturated heterocycles. The van der Waals surface area contributed by atoms with Gasteiger partial charge in [-0.15, -0.1) is 0 Å². The number of aliphatic hydroxyl groups excluding tert-OH is 2. The van der Waals surface area contributed by atoms with Gasteiger partial charge in [0.15, 0.2) is 0 Å². The zero-order valence-corrected chi connectivity index (χ0v) is 6.02. The van der Waals surface area contributed by atoms with Crippen LogP contribution >= 0.6 is 25.3 Å². The van der Waals surface area contributed by atoms with Gasteiger partial charge in [-0.1, -0.05) is 0 Å². The predicted octanol–water partition coefficient (Wildman–Crippen LogP) is -0.432. The van der Waals surface area contributed by atoms with Crippen LogP contribution in [0.5, 0.6) is 0 Å². The molecule has 2 N–H and O–H groups in total. The zero-order valence-electron chi connectivity index (χ0n) is 5.23. The lowest BCUT2D eigenvalue weighted by atomic mass is 10.3. The van der Waals surface area contributed by atoms with Crippen molar-refractivity contribution in [1.29, 1.82) is 0 Å². The fourth-order valence-corrected chi connectivity index (χ4v) is 0.622. The molecule has 2 nitrogen and oxygen atoms in total. The molecule has 0 fully saturated rings. The summed E-state index contributed by atoms with van der Waals surface area (Å²) in [7, 11) is 0. The average Bonchev–Trinajstić information content (AvgIpc) is 1.84. The van der Waals surface area contributed by atoms with Crippen LogP contribution in [0.2, 0.25) is 0 Å². The van der Waals surface area contributed by atoms with Crippen LogP contribution < -0.4 is 0 Å². The Morgan fingerprint density at radius 2 is 1.88 bits per heavy atom. The lowest BCUT2D eigenvalue weighted by Crippen LogP contribution is -2.28. The highest BCUT2D eigenvalue weighted by molar-refractivity contribution is 7.80. The molecule has 0 radical (unpaired) electrons. The standard InChI is InChI=1S/C4H10O2S2/c5-3(1-7)4(6)2-8/h3-8H,1-2H2/t3-,4-/m1/s1/i1D/t1?,3-,4-. The fraction of sp³-hybridized carbons (Fsp3) is 1.00. The van der Waals surface area contributed by atoms with E-state index in [1.54, 1.807) is 0 Å². The van der Waals surface area contributed by atoms with Gasteiger partial charge in [-0.2, -0.15) is 25.3 Å². The van der Waals surface area contributed by atoms with Crippen molar-refractivity contribution in [2.24, 2.45) is 0 Å². The Hall–Kier alpha value is 0.620. The van der Waals surface area contributed by atoms with Crippen LogP contribution in [0.25, 0.3) is 0 Å². The molecule has 0 spiro atoms. The number of hydrogen-bond donors (Lipinski definition) is 4. The summed E-state index contributed by atoms with van der Waals surface area (Å²) in [6.07, 6.45) is -2.06. The lowest BCUT2D eigenvalue weighted by Gasteiger charge is -2.11.